The molecule has 2 nitrogen and oxygen atoms in total. The van der Waals surface area contributed by atoms with E-state index < -0.39 is 0 Å². The summed E-state index contributed by atoms with van der Waals surface area (Å²) in [5.74, 6) is -0.197. The van der Waals surface area contributed by atoms with Crippen LogP contribution in [0, 0.1) is 5.82 Å². The fourth-order valence-electron chi connectivity index (χ4n) is 5.23. The lowest BCUT2D eigenvalue weighted by atomic mass is 9.87. The largest absolute Gasteiger partial charge is 0.317 e. The summed E-state index contributed by atoms with van der Waals surface area (Å²) in [6.07, 6.45) is 4.81. The first-order valence-corrected chi connectivity index (χ1v) is 11.9. The number of halogens is 1. The molecule has 5 rings (SSSR count). The molecule has 1 N–H and O–H groups in total. The number of hydrogen-bond acceptors (Lipinski definition) is 2. The van der Waals surface area contributed by atoms with Crippen LogP contribution in [-0.4, -0.2) is 37.1 Å². The first kappa shape index (κ1) is 21.1. The van der Waals surface area contributed by atoms with Crippen LogP contribution >= 0.6 is 0 Å². The molecule has 0 saturated carbocycles. The van der Waals surface area contributed by atoms with E-state index in [0.29, 0.717) is 0 Å². The van der Waals surface area contributed by atoms with Gasteiger partial charge in [-0.25, -0.2) is 4.39 Å². The lowest BCUT2D eigenvalue weighted by molar-refractivity contribution is 0.152. The Labute approximate surface area is 190 Å². The zero-order chi connectivity index (χ0) is 21.8. The molecule has 0 unspecified atom stereocenters. The van der Waals surface area contributed by atoms with Gasteiger partial charge in [0.1, 0.15) is 5.82 Å². The van der Waals surface area contributed by atoms with Crippen LogP contribution < -0.4 is 5.32 Å². The van der Waals surface area contributed by atoms with Gasteiger partial charge in [0.2, 0.25) is 0 Å². The van der Waals surface area contributed by atoms with Crippen molar-refractivity contribution in [2.75, 3.05) is 26.2 Å². The van der Waals surface area contributed by atoms with Gasteiger partial charge in [-0.05, 0) is 78.7 Å². The number of rotatable bonds is 4. The monoisotopic (exact) mass is 426 g/mol. The third-order valence-corrected chi connectivity index (χ3v) is 6.99. The Hall–Kier alpha value is -2.75. The zero-order valence-electron chi connectivity index (χ0n) is 18.6. The van der Waals surface area contributed by atoms with E-state index in [0.717, 1.165) is 56.2 Å². The van der Waals surface area contributed by atoms with Crippen molar-refractivity contribution >= 4 is 5.57 Å². The molecular formula is C29H31FN2. The van der Waals surface area contributed by atoms with Crippen LogP contribution in [0.3, 0.4) is 0 Å². The second-order valence-corrected chi connectivity index (χ2v) is 8.95. The van der Waals surface area contributed by atoms with Crippen molar-refractivity contribution < 1.29 is 4.39 Å². The van der Waals surface area contributed by atoms with E-state index >= 15 is 0 Å². The molecule has 0 amide bonds. The first-order chi connectivity index (χ1) is 15.8. The topological polar surface area (TPSA) is 15.3 Å². The van der Waals surface area contributed by atoms with E-state index in [2.05, 4.69) is 64.8 Å². The minimum Gasteiger partial charge on any atom is -0.317 e. The molecule has 0 spiro atoms. The van der Waals surface area contributed by atoms with Gasteiger partial charge < -0.3 is 5.32 Å². The Balaban J connectivity index is 1.42. The first-order valence-electron chi connectivity index (χ1n) is 11.9. The summed E-state index contributed by atoms with van der Waals surface area (Å²) in [5.41, 5.74) is 7.69. The van der Waals surface area contributed by atoms with Crippen LogP contribution in [0.4, 0.5) is 4.39 Å². The predicted molar refractivity (Wildman–Crippen MR) is 131 cm³/mol. The van der Waals surface area contributed by atoms with Gasteiger partial charge in [0.05, 0.1) is 0 Å². The van der Waals surface area contributed by atoms with E-state index in [1.165, 1.54) is 41.7 Å². The van der Waals surface area contributed by atoms with Crippen LogP contribution in [-0.2, 0) is 0 Å². The maximum absolute atomic E-state index is 13.3. The highest BCUT2D eigenvalue weighted by atomic mass is 19.1. The molecule has 3 aromatic carbocycles. The Morgan fingerprint density at radius 3 is 1.91 bits per heavy atom. The van der Waals surface area contributed by atoms with E-state index in [4.69, 9.17) is 0 Å². The average Bonchev–Trinajstić information content (AvgIpc) is 2.87. The Morgan fingerprint density at radius 1 is 0.719 bits per heavy atom. The summed E-state index contributed by atoms with van der Waals surface area (Å²) in [5, 5.41) is 3.49. The lowest BCUT2D eigenvalue weighted by Gasteiger charge is -2.38. The van der Waals surface area contributed by atoms with E-state index in [-0.39, 0.29) is 5.82 Å². The highest BCUT2D eigenvalue weighted by Crippen LogP contribution is 2.34. The molecule has 0 radical (unpaired) electrons. The smallest absolute Gasteiger partial charge is 0.123 e. The molecule has 2 aliphatic rings. The van der Waals surface area contributed by atoms with Gasteiger partial charge in [0, 0.05) is 19.1 Å². The Bertz CT molecular complexity index is 1040. The molecule has 164 valence electrons. The zero-order valence-corrected chi connectivity index (χ0v) is 18.6. The van der Waals surface area contributed by atoms with Crippen molar-refractivity contribution in [3.63, 3.8) is 0 Å². The molecule has 32 heavy (non-hydrogen) atoms. The van der Waals surface area contributed by atoms with E-state index in [9.17, 15) is 4.39 Å². The predicted octanol–water partition coefficient (Wildman–Crippen LogP) is 6.14. The van der Waals surface area contributed by atoms with Crippen LogP contribution in [0.1, 0.15) is 36.8 Å². The molecule has 0 atom stereocenters. The number of benzene rings is 3. The molecule has 0 bridgehead atoms. The summed E-state index contributed by atoms with van der Waals surface area (Å²) in [6.45, 7) is 4.62. The van der Waals surface area contributed by atoms with Gasteiger partial charge in [0.25, 0.3) is 0 Å². The summed E-state index contributed by atoms with van der Waals surface area (Å²) < 4.78 is 13.3. The van der Waals surface area contributed by atoms with Gasteiger partial charge in [-0.2, -0.15) is 0 Å². The normalized spacial score (nSPS) is 18.0. The summed E-state index contributed by atoms with van der Waals surface area (Å²) >= 11 is 0. The quantitative estimate of drug-likeness (QED) is 0.539. The van der Waals surface area contributed by atoms with Gasteiger partial charge in [-0.3, -0.25) is 4.90 Å². The Kier molecular flexibility index (Phi) is 6.47. The van der Waals surface area contributed by atoms with E-state index in [1.807, 2.05) is 12.1 Å². The van der Waals surface area contributed by atoms with Gasteiger partial charge >= 0.3 is 0 Å². The summed E-state index contributed by atoms with van der Waals surface area (Å²) in [4.78, 5) is 2.71. The highest BCUT2D eigenvalue weighted by molar-refractivity contribution is 5.83. The molecule has 3 aromatic rings. The maximum atomic E-state index is 13.3. The van der Waals surface area contributed by atoms with E-state index in [1.54, 1.807) is 5.57 Å². The van der Waals surface area contributed by atoms with Gasteiger partial charge in [0.15, 0.2) is 0 Å². The van der Waals surface area contributed by atoms with Gasteiger partial charge in [-0.15, -0.1) is 0 Å². The Morgan fingerprint density at radius 2 is 1.28 bits per heavy atom. The third kappa shape index (κ3) is 4.69. The second-order valence-electron chi connectivity index (χ2n) is 8.95. The number of hydrogen-bond donors (Lipinski definition) is 1. The highest BCUT2D eigenvalue weighted by Gasteiger charge is 2.25. The molecule has 2 aliphatic heterocycles. The van der Waals surface area contributed by atoms with Crippen LogP contribution in [0.2, 0.25) is 0 Å². The average molecular weight is 427 g/mol. The van der Waals surface area contributed by atoms with Crippen molar-refractivity contribution in [1.82, 2.24) is 10.2 Å². The summed E-state index contributed by atoms with van der Waals surface area (Å²) in [7, 11) is 0. The van der Waals surface area contributed by atoms with Crippen LogP contribution in [0.15, 0.2) is 84.4 Å². The molecule has 0 aliphatic carbocycles. The third-order valence-electron chi connectivity index (χ3n) is 6.99. The van der Waals surface area contributed by atoms with Crippen LogP contribution in [0.25, 0.3) is 16.7 Å². The minimum atomic E-state index is -0.197. The molecule has 2 heterocycles. The molecule has 0 aromatic heterocycles. The fourth-order valence-corrected chi connectivity index (χ4v) is 5.23. The number of likely N-dealkylation sites (tertiary alicyclic amines) is 1. The van der Waals surface area contributed by atoms with Crippen molar-refractivity contribution in [2.45, 2.75) is 31.7 Å². The van der Waals surface area contributed by atoms with Crippen molar-refractivity contribution in [3.8, 4) is 11.1 Å². The van der Waals surface area contributed by atoms with Crippen molar-refractivity contribution in [2.24, 2.45) is 0 Å². The number of nitrogens with zero attached hydrogens (tertiary/aromatic N) is 1. The SMILES string of the molecule is Fc1ccc(-c2ccc(C(=C3CCN(C4CCNCC4)CC3)c3ccccc3)cc2)cc1. The minimum absolute atomic E-state index is 0.197. The summed E-state index contributed by atoms with van der Waals surface area (Å²) in [6, 6.07) is 27.1. The van der Waals surface area contributed by atoms with Crippen LogP contribution in [0.5, 0.6) is 0 Å². The molecule has 3 heteroatoms. The second kappa shape index (κ2) is 9.81. The standard InChI is InChI=1S/C29H31FN2/c30-27-12-10-23(11-13-27)22-6-8-25(9-7-22)29(24-4-2-1-3-5-24)26-16-20-32(21-17-26)28-14-18-31-19-15-28/h1-13,28,31H,14-21H2. The van der Waals surface area contributed by atoms with Gasteiger partial charge in [-0.1, -0.05) is 72.3 Å². The fraction of sp³-hybridized carbons (Fsp3) is 0.310. The molecule has 2 fully saturated rings. The lowest BCUT2D eigenvalue weighted by Crippen LogP contribution is -2.45. The number of piperidine rings is 2. The molecule has 2 saturated heterocycles. The van der Waals surface area contributed by atoms with Crippen molar-refractivity contribution in [1.29, 1.82) is 0 Å². The maximum Gasteiger partial charge on any atom is 0.123 e. The number of nitrogens with one attached hydrogen (secondary N) is 1. The van der Waals surface area contributed by atoms with Crippen molar-refractivity contribution in [3.05, 3.63) is 101 Å². The molecular weight excluding hydrogens is 395 g/mol.